The molecule has 0 bridgehead atoms. The summed E-state index contributed by atoms with van der Waals surface area (Å²) >= 11 is 0. The van der Waals surface area contributed by atoms with Gasteiger partial charge in [0.2, 0.25) is 0 Å². The van der Waals surface area contributed by atoms with Gasteiger partial charge in [-0.25, -0.2) is 0 Å². The predicted octanol–water partition coefficient (Wildman–Crippen LogP) is 4.50. The first-order valence-corrected chi connectivity index (χ1v) is 11.2. The number of unbranched alkanes of at least 4 members (excludes halogenated alkanes) is 2. The summed E-state index contributed by atoms with van der Waals surface area (Å²) in [6.45, 7) is 12.4. The Morgan fingerprint density at radius 2 is 1.40 bits per heavy atom. The van der Waals surface area contributed by atoms with Crippen LogP contribution in [0.4, 0.5) is 0 Å². The average molecular weight is 435 g/mol. The van der Waals surface area contributed by atoms with Crippen molar-refractivity contribution in [2.45, 2.75) is 98.2 Å². The Morgan fingerprint density at radius 3 is 1.90 bits per heavy atom. The van der Waals surface area contributed by atoms with Gasteiger partial charge < -0.3 is 28.8 Å². The van der Waals surface area contributed by atoms with Gasteiger partial charge in [-0.15, -0.1) is 0 Å². The second-order valence-corrected chi connectivity index (χ2v) is 7.41. The number of hydrogen-bond acceptors (Lipinski definition) is 7. The molecule has 0 rings (SSSR count). The van der Waals surface area contributed by atoms with Gasteiger partial charge in [0.15, 0.2) is 5.79 Å². The minimum Gasteiger partial charge on any atom is -0.481 e. The van der Waals surface area contributed by atoms with Gasteiger partial charge in [0.25, 0.3) is 0 Å². The summed E-state index contributed by atoms with van der Waals surface area (Å²) in [4.78, 5) is 24.2. The fourth-order valence-corrected chi connectivity index (χ4v) is 3.02. The molecule has 0 amide bonds. The van der Waals surface area contributed by atoms with Crippen molar-refractivity contribution in [2.75, 3.05) is 26.4 Å². The quantitative estimate of drug-likeness (QED) is 0.180. The molecule has 1 N–H and O–H groups in total. The van der Waals surface area contributed by atoms with Crippen molar-refractivity contribution in [3.8, 4) is 0 Å². The highest BCUT2D eigenvalue weighted by Gasteiger charge is 2.45. The first-order valence-electron chi connectivity index (χ1n) is 11.2. The van der Waals surface area contributed by atoms with Crippen LogP contribution in [0.15, 0.2) is 0 Å². The average Bonchev–Trinajstić information content (AvgIpc) is 2.65. The van der Waals surface area contributed by atoms with Crippen molar-refractivity contribution in [3.63, 3.8) is 0 Å². The van der Waals surface area contributed by atoms with Crippen LogP contribution in [0.5, 0.6) is 0 Å². The fraction of sp³-hybridized carbons (Fsp3) is 0.909. The Kier molecular flexibility index (Phi) is 14.9. The Hall–Kier alpha value is -1.22. The number of carbonyl (C=O) groups excluding carboxylic acids is 1. The summed E-state index contributed by atoms with van der Waals surface area (Å²) in [5.41, 5.74) is 0. The van der Waals surface area contributed by atoms with Crippen LogP contribution in [0.2, 0.25) is 0 Å². The number of esters is 1. The number of carbonyl (C=O) groups is 2. The van der Waals surface area contributed by atoms with Crippen molar-refractivity contribution >= 4 is 11.9 Å². The van der Waals surface area contributed by atoms with Gasteiger partial charge in [-0.1, -0.05) is 26.7 Å². The van der Waals surface area contributed by atoms with Gasteiger partial charge in [-0.05, 0) is 46.5 Å². The third-order valence-corrected chi connectivity index (χ3v) is 4.67. The lowest BCUT2D eigenvalue weighted by atomic mass is 9.93. The van der Waals surface area contributed by atoms with Crippen molar-refractivity contribution < 1.29 is 38.4 Å². The van der Waals surface area contributed by atoms with Gasteiger partial charge in [0, 0.05) is 20.0 Å². The highest BCUT2D eigenvalue weighted by atomic mass is 16.9. The monoisotopic (exact) mass is 434 g/mol. The van der Waals surface area contributed by atoms with E-state index in [2.05, 4.69) is 0 Å². The molecule has 0 aliphatic rings. The molecule has 0 aromatic heterocycles. The maximum absolute atomic E-state index is 13.2. The van der Waals surface area contributed by atoms with Crippen molar-refractivity contribution in [1.29, 1.82) is 0 Å². The van der Waals surface area contributed by atoms with E-state index in [1.807, 2.05) is 20.8 Å². The van der Waals surface area contributed by atoms with Crippen LogP contribution in [0.25, 0.3) is 0 Å². The third-order valence-electron chi connectivity index (χ3n) is 4.67. The lowest BCUT2D eigenvalue weighted by Gasteiger charge is -2.38. The molecule has 0 aromatic rings. The Morgan fingerprint density at radius 1 is 0.833 bits per heavy atom. The fourth-order valence-electron chi connectivity index (χ4n) is 3.02. The number of rotatable bonds is 19. The van der Waals surface area contributed by atoms with Crippen LogP contribution in [0.1, 0.15) is 86.5 Å². The largest absolute Gasteiger partial charge is 0.481 e. The van der Waals surface area contributed by atoms with Crippen LogP contribution in [-0.2, 0) is 33.3 Å². The summed E-state index contributed by atoms with van der Waals surface area (Å²) < 4.78 is 28.7. The van der Waals surface area contributed by atoms with Crippen LogP contribution in [-0.4, -0.2) is 55.2 Å². The van der Waals surface area contributed by atoms with E-state index in [0.29, 0.717) is 26.4 Å². The maximum atomic E-state index is 13.2. The lowest BCUT2D eigenvalue weighted by Crippen LogP contribution is -2.49. The van der Waals surface area contributed by atoms with E-state index in [4.69, 9.17) is 28.8 Å². The summed E-state index contributed by atoms with van der Waals surface area (Å²) in [6.07, 6.45) is 3.96. The number of carboxylic acids is 1. The molecular weight excluding hydrogens is 392 g/mol. The van der Waals surface area contributed by atoms with E-state index >= 15 is 0 Å². The molecule has 3 atom stereocenters. The van der Waals surface area contributed by atoms with E-state index < -0.39 is 29.6 Å². The molecular formula is C22H42O8. The summed E-state index contributed by atoms with van der Waals surface area (Å²) in [7, 11) is 0. The standard InChI is InChI=1S/C22H42O8/c1-7-11-16-28-21(5,26-9-3)18(14-13-15-19(23)24)20(25)30-22(6,27-10-4)29-17-12-8-2/h18H,7-17H2,1-6H3,(H,23,24). The minimum atomic E-state index is -1.53. The molecule has 178 valence electrons. The first-order chi connectivity index (χ1) is 14.2. The van der Waals surface area contributed by atoms with Gasteiger partial charge >= 0.3 is 17.9 Å². The van der Waals surface area contributed by atoms with Gasteiger partial charge in [-0.2, -0.15) is 0 Å². The third kappa shape index (κ3) is 11.2. The zero-order valence-electron chi connectivity index (χ0n) is 19.7. The SMILES string of the molecule is CCCCOC(C)(OCC)OC(=O)C(CCCC(=O)O)C(C)(OCC)OCCCC. The van der Waals surface area contributed by atoms with Gasteiger partial charge in [0.1, 0.15) is 5.92 Å². The normalized spacial score (nSPS) is 16.5. The van der Waals surface area contributed by atoms with E-state index in [9.17, 15) is 9.59 Å². The molecule has 0 aromatic carbocycles. The topological polar surface area (TPSA) is 101 Å². The van der Waals surface area contributed by atoms with Crippen molar-refractivity contribution in [2.24, 2.45) is 5.92 Å². The molecule has 0 radical (unpaired) electrons. The van der Waals surface area contributed by atoms with E-state index in [1.165, 1.54) is 0 Å². The maximum Gasteiger partial charge on any atom is 0.326 e. The van der Waals surface area contributed by atoms with Crippen LogP contribution in [0.3, 0.4) is 0 Å². The first kappa shape index (κ1) is 28.8. The van der Waals surface area contributed by atoms with Crippen molar-refractivity contribution in [1.82, 2.24) is 0 Å². The molecule has 8 heteroatoms. The molecule has 0 saturated heterocycles. The van der Waals surface area contributed by atoms with Gasteiger partial charge in [-0.3, -0.25) is 9.59 Å². The van der Waals surface area contributed by atoms with Crippen LogP contribution >= 0.6 is 0 Å². The number of ether oxygens (including phenoxy) is 5. The Balaban J connectivity index is 5.54. The lowest BCUT2D eigenvalue weighted by molar-refractivity contribution is -0.357. The zero-order valence-corrected chi connectivity index (χ0v) is 19.7. The molecule has 0 aliphatic carbocycles. The van der Waals surface area contributed by atoms with Gasteiger partial charge in [0.05, 0.1) is 19.8 Å². The second kappa shape index (κ2) is 15.6. The Bertz CT molecular complexity index is 484. The second-order valence-electron chi connectivity index (χ2n) is 7.41. The smallest absolute Gasteiger partial charge is 0.326 e. The summed E-state index contributed by atoms with van der Waals surface area (Å²) in [5, 5.41) is 9.00. The van der Waals surface area contributed by atoms with E-state index in [-0.39, 0.29) is 19.3 Å². The van der Waals surface area contributed by atoms with Crippen LogP contribution < -0.4 is 0 Å². The molecule has 30 heavy (non-hydrogen) atoms. The summed E-state index contributed by atoms with van der Waals surface area (Å²) in [6, 6.07) is 0. The molecule has 0 saturated carbocycles. The van der Waals surface area contributed by atoms with E-state index in [1.54, 1.807) is 20.8 Å². The molecule has 0 heterocycles. The molecule has 0 fully saturated rings. The number of aliphatic carboxylic acids is 1. The van der Waals surface area contributed by atoms with E-state index in [0.717, 1.165) is 25.7 Å². The highest BCUT2D eigenvalue weighted by molar-refractivity contribution is 5.74. The predicted molar refractivity (Wildman–Crippen MR) is 113 cm³/mol. The zero-order chi connectivity index (χ0) is 23.0. The van der Waals surface area contributed by atoms with Crippen LogP contribution in [0, 0.1) is 5.92 Å². The summed E-state index contributed by atoms with van der Waals surface area (Å²) in [5.74, 6) is -5.11. The molecule has 3 unspecified atom stereocenters. The Labute approximate surface area is 181 Å². The minimum absolute atomic E-state index is 0.0589. The van der Waals surface area contributed by atoms with Crippen molar-refractivity contribution in [3.05, 3.63) is 0 Å². The molecule has 0 aliphatic heterocycles. The molecule has 8 nitrogen and oxygen atoms in total. The highest BCUT2D eigenvalue weighted by Crippen LogP contribution is 2.32. The molecule has 0 spiro atoms. The number of carboxylic acid groups (broad SMARTS) is 1. The number of hydrogen-bond donors (Lipinski definition) is 1.